The third-order valence-electron chi connectivity index (χ3n) is 5.61. The highest BCUT2D eigenvalue weighted by Crippen LogP contribution is 2.33. The number of carbonyl (C=O) groups excluding carboxylic acids is 1. The number of rotatable bonds is 8. The Bertz CT molecular complexity index is 994. The van der Waals surface area contributed by atoms with Gasteiger partial charge in [-0.3, -0.25) is 14.4 Å². The van der Waals surface area contributed by atoms with Gasteiger partial charge in [-0.25, -0.2) is 0 Å². The summed E-state index contributed by atoms with van der Waals surface area (Å²) < 4.78 is 13.4. The van der Waals surface area contributed by atoms with Gasteiger partial charge in [0.15, 0.2) is 0 Å². The minimum absolute atomic E-state index is 0.112. The van der Waals surface area contributed by atoms with Crippen molar-refractivity contribution >= 4 is 22.9 Å². The van der Waals surface area contributed by atoms with Crippen LogP contribution < -0.4 is 10.1 Å². The molecule has 8 heteroatoms. The zero-order valence-corrected chi connectivity index (χ0v) is 18.7. The van der Waals surface area contributed by atoms with E-state index in [9.17, 15) is 4.79 Å². The zero-order valence-electron chi connectivity index (χ0n) is 17.9. The van der Waals surface area contributed by atoms with Crippen LogP contribution in [0.4, 0.5) is 5.69 Å². The zero-order chi connectivity index (χ0) is 21.6. The van der Waals surface area contributed by atoms with Crippen LogP contribution in [0.3, 0.4) is 0 Å². The van der Waals surface area contributed by atoms with Crippen molar-refractivity contribution < 1.29 is 14.3 Å². The number of piperidine rings is 1. The maximum absolute atomic E-state index is 12.5. The van der Waals surface area contributed by atoms with Crippen LogP contribution in [-0.4, -0.2) is 60.0 Å². The smallest absolute Gasteiger partial charge is 0.265 e. The number of aryl methyl sites for hydroxylation is 1. The molecule has 0 bridgehead atoms. The van der Waals surface area contributed by atoms with Crippen LogP contribution in [0.1, 0.15) is 22.5 Å². The molecule has 0 spiro atoms. The van der Waals surface area contributed by atoms with E-state index >= 15 is 0 Å². The van der Waals surface area contributed by atoms with Gasteiger partial charge < -0.3 is 14.8 Å². The number of amides is 1. The molecule has 3 heterocycles. The molecule has 4 rings (SSSR count). The lowest BCUT2D eigenvalue weighted by Gasteiger charge is -2.31. The molecule has 0 saturated carbocycles. The van der Waals surface area contributed by atoms with Crippen LogP contribution in [0.25, 0.3) is 11.3 Å². The number of hydrogen-bond acceptors (Lipinski definition) is 6. The van der Waals surface area contributed by atoms with Crippen LogP contribution in [0.15, 0.2) is 48.0 Å². The Kier molecular flexibility index (Phi) is 7.01. The van der Waals surface area contributed by atoms with Crippen molar-refractivity contribution in [2.45, 2.75) is 18.9 Å². The van der Waals surface area contributed by atoms with Crippen LogP contribution in [0.2, 0.25) is 0 Å². The lowest BCUT2D eigenvalue weighted by atomic mass is 10.1. The van der Waals surface area contributed by atoms with E-state index < -0.39 is 0 Å². The van der Waals surface area contributed by atoms with Crippen molar-refractivity contribution in [3.05, 3.63) is 52.9 Å². The molecule has 1 aromatic carbocycles. The quantitative estimate of drug-likeness (QED) is 0.576. The summed E-state index contributed by atoms with van der Waals surface area (Å²) in [7, 11) is 3.69. The standard InChI is InChI=1S/C23H28N4O3S/c1-26-20(7-10-24-26)19-16-17(25-23(28)22-4-3-15-31-22)5-6-21(19)30-14-13-27-11-8-18(29-2)9-12-27/h3-7,10,15-16,18H,8-9,11-14H2,1-2H3,(H,25,28). The van der Waals surface area contributed by atoms with E-state index in [1.807, 2.05) is 53.5 Å². The molecule has 1 N–H and O–H groups in total. The van der Waals surface area contributed by atoms with Gasteiger partial charge in [0.25, 0.3) is 5.91 Å². The Labute approximate surface area is 186 Å². The van der Waals surface area contributed by atoms with Gasteiger partial charge in [0.1, 0.15) is 12.4 Å². The normalized spacial score (nSPS) is 15.2. The number of methoxy groups -OCH3 is 1. The first kappa shape index (κ1) is 21.5. The molecule has 0 radical (unpaired) electrons. The van der Waals surface area contributed by atoms with Gasteiger partial charge in [-0.1, -0.05) is 6.07 Å². The predicted molar refractivity (Wildman–Crippen MR) is 123 cm³/mol. The number of hydrogen-bond donors (Lipinski definition) is 1. The van der Waals surface area contributed by atoms with Crippen molar-refractivity contribution in [1.82, 2.24) is 14.7 Å². The summed E-state index contributed by atoms with van der Waals surface area (Å²) in [5.74, 6) is 0.670. The fourth-order valence-electron chi connectivity index (χ4n) is 3.83. The number of likely N-dealkylation sites (tertiary alicyclic amines) is 1. The number of benzene rings is 1. The van der Waals surface area contributed by atoms with Gasteiger partial charge in [-0.15, -0.1) is 11.3 Å². The third-order valence-corrected chi connectivity index (χ3v) is 6.48. The highest BCUT2D eigenvalue weighted by Gasteiger charge is 2.19. The van der Waals surface area contributed by atoms with Gasteiger partial charge in [0, 0.05) is 51.2 Å². The summed E-state index contributed by atoms with van der Waals surface area (Å²) in [6, 6.07) is 11.4. The molecule has 2 aromatic heterocycles. The fourth-order valence-corrected chi connectivity index (χ4v) is 4.44. The average molecular weight is 441 g/mol. The van der Waals surface area contributed by atoms with Crippen molar-refractivity contribution in [2.75, 3.05) is 38.7 Å². The van der Waals surface area contributed by atoms with Crippen molar-refractivity contribution in [2.24, 2.45) is 7.05 Å². The predicted octanol–water partition coefficient (Wildman–Crippen LogP) is 3.89. The number of ether oxygens (including phenoxy) is 2. The van der Waals surface area contributed by atoms with Crippen molar-refractivity contribution in [3.63, 3.8) is 0 Å². The lowest BCUT2D eigenvalue weighted by molar-refractivity contribution is 0.0375. The Hall–Kier alpha value is -2.68. The molecule has 0 atom stereocenters. The maximum Gasteiger partial charge on any atom is 0.265 e. The first-order chi connectivity index (χ1) is 15.1. The van der Waals surface area contributed by atoms with E-state index in [4.69, 9.17) is 9.47 Å². The highest BCUT2D eigenvalue weighted by molar-refractivity contribution is 7.12. The van der Waals surface area contributed by atoms with Crippen LogP contribution in [-0.2, 0) is 11.8 Å². The third kappa shape index (κ3) is 5.33. The van der Waals surface area contributed by atoms with E-state index in [2.05, 4.69) is 15.3 Å². The second-order valence-electron chi connectivity index (χ2n) is 7.61. The lowest BCUT2D eigenvalue weighted by Crippen LogP contribution is -2.38. The highest BCUT2D eigenvalue weighted by atomic mass is 32.1. The summed E-state index contributed by atoms with van der Waals surface area (Å²) in [6.07, 6.45) is 4.27. The van der Waals surface area contributed by atoms with Gasteiger partial charge in [0.05, 0.1) is 16.7 Å². The Morgan fingerprint density at radius 3 is 2.77 bits per heavy atom. The maximum atomic E-state index is 12.5. The van der Waals surface area contributed by atoms with Gasteiger partial charge in [-0.2, -0.15) is 5.10 Å². The minimum atomic E-state index is -0.112. The number of nitrogens with zero attached hydrogens (tertiary/aromatic N) is 3. The van der Waals surface area contributed by atoms with Gasteiger partial charge in [0.2, 0.25) is 0 Å². The molecular formula is C23H28N4O3S. The Morgan fingerprint density at radius 1 is 1.26 bits per heavy atom. The molecule has 31 heavy (non-hydrogen) atoms. The van der Waals surface area contributed by atoms with E-state index in [-0.39, 0.29) is 5.91 Å². The van der Waals surface area contributed by atoms with Crippen molar-refractivity contribution in [1.29, 1.82) is 0 Å². The molecule has 1 aliphatic heterocycles. The summed E-state index contributed by atoms with van der Waals surface area (Å²) >= 11 is 1.42. The summed E-state index contributed by atoms with van der Waals surface area (Å²) in [4.78, 5) is 15.5. The Morgan fingerprint density at radius 2 is 2.10 bits per heavy atom. The minimum Gasteiger partial charge on any atom is -0.492 e. The molecule has 3 aromatic rings. The molecule has 0 aliphatic carbocycles. The summed E-state index contributed by atoms with van der Waals surface area (Å²) in [6.45, 7) is 3.54. The van der Waals surface area contributed by atoms with E-state index in [1.54, 1.807) is 13.3 Å². The number of aromatic nitrogens is 2. The number of thiophene rings is 1. The number of carbonyl (C=O) groups is 1. The van der Waals surface area contributed by atoms with Gasteiger partial charge >= 0.3 is 0 Å². The largest absolute Gasteiger partial charge is 0.492 e. The second kappa shape index (κ2) is 10.1. The number of nitrogens with one attached hydrogen (secondary N) is 1. The summed E-state index contributed by atoms with van der Waals surface area (Å²) in [5.41, 5.74) is 2.56. The summed E-state index contributed by atoms with van der Waals surface area (Å²) in [5, 5.41) is 9.16. The van der Waals surface area contributed by atoms with Crippen LogP contribution in [0, 0.1) is 0 Å². The second-order valence-corrected chi connectivity index (χ2v) is 8.56. The van der Waals surface area contributed by atoms with Crippen molar-refractivity contribution in [3.8, 4) is 17.0 Å². The van der Waals surface area contributed by atoms with E-state index in [1.165, 1.54) is 11.3 Å². The first-order valence-corrected chi connectivity index (χ1v) is 11.4. The van der Waals surface area contributed by atoms with E-state index in [0.717, 1.165) is 55.2 Å². The van der Waals surface area contributed by atoms with Gasteiger partial charge in [-0.05, 0) is 48.6 Å². The van der Waals surface area contributed by atoms with Crippen LogP contribution >= 0.6 is 11.3 Å². The molecule has 1 amide bonds. The Balaban J connectivity index is 1.45. The SMILES string of the molecule is COC1CCN(CCOc2ccc(NC(=O)c3cccs3)cc2-c2ccnn2C)CC1. The molecule has 1 aliphatic rings. The fraction of sp³-hybridized carbons (Fsp3) is 0.391. The average Bonchev–Trinajstić information content (AvgIpc) is 3.47. The first-order valence-electron chi connectivity index (χ1n) is 10.5. The topological polar surface area (TPSA) is 68.6 Å². The number of anilines is 1. The monoisotopic (exact) mass is 440 g/mol. The molecule has 164 valence electrons. The molecule has 1 saturated heterocycles. The van der Waals surface area contributed by atoms with E-state index in [0.29, 0.717) is 17.6 Å². The molecule has 7 nitrogen and oxygen atoms in total. The molecule has 1 fully saturated rings. The molecule has 0 unspecified atom stereocenters. The van der Waals surface area contributed by atoms with Crippen LogP contribution in [0.5, 0.6) is 5.75 Å². The molecular weight excluding hydrogens is 412 g/mol.